The van der Waals surface area contributed by atoms with Gasteiger partial charge in [0, 0.05) is 7.05 Å². The van der Waals surface area contributed by atoms with Crippen molar-refractivity contribution in [1.29, 1.82) is 0 Å². The Morgan fingerprint density at radius 2 is 2.29 bits per heavy atom. The molecule has 0 atom stereocenters. The molecule has 0 fully saturated rings. The highest BCUT2D eigenvalue weighted by Crippen LogP contribution is 1.83. The lowest BCUT2D eigenvalue weighted by Crippen LogP contribution is -2.06. The molecule has 0 aromatic carbocycles. The second-order valence-corrected chi connectivity index (χ2v) is 1.11. The van der Waals surface area contributed by atoms with Gasteiger partial charge in [0.1, 0.15) is 0 Å². The van der Waals surface area contributed by atoms with Crippen LogP contribution in [0.1, 0.15) is 6.92 Å². The first-order chi connectivity index (χ1) is 3.35. The van der Waals surface area contributed by atoms with Gasteiger partial charge in [-0.25, -0.2) is 0 Å². The molecule has 0 aromatic rings. The van der Waals surface area contributed by atoms with Gasteiger partial charge in [-0.15, -0.1) is 0 Å². The molecule has 0 aliphatic carbocycles. The normalized spacial score (nSPS) is 11.0. The van der Waals surface area contributed by atoms with Gasteiger partial charge in [-0.05, 0) is 13.0 Å². The standard InChI is InChI=1S/C5H11NO/c1-4-5(6-2)7-3/h4,6H,1-3H3/b5-4+. The number of hydrogen-bond donors (Lipinski definition) is 1. The fourth-order valence-electron chi connectivity index (χ4n) is 0.364. The van der Waals surface area contributed by atoms with Crippen molar-refractivity contribution in [3.8, 4) is 0 Å². The number of ether oxygens (including phenoxy) is 1. The van der Waals surface area contributed by atoms with Crippen LogP contribution in [0.25, 0.3) is 0 Å². The average Bonchev–Trinajstić information content (AvgIpc) is 1.72. The Labute approximate surface area is 44.2 Å². The summed E-state index contributed by atoms with van der Waals surface area (Å²) in [6, 6.07) is 0. The average molecular weight is 101 g/mol. The first-order valence-electron chi connectivity index (χ1n) is 2.23. The zero-order valence-electron chi connectivity index (χ0n) is 4.99. The third-order valence-electron chi connectivity index (χ3n) is 0.729. The SMILES string of the molecule is C/C=C(\NC)OC. The Morgan fingerprint density at radius 3 is 2.29 bits per heavy atom. The van der Waals surface area contributed by atoms with Crippen molar-refractivity contribution in [3.05, 3.63) is 12.0 Å². The quantitative estimate of drug-likeness (QED) is 0.517. The molecule has 0 radical (unpaired) electrons. The predicted molar refractivity (Wildman–Crippen MR) is 29.8 cm³/mol. The molecule has 2 heteroatoms. The molecule has 2 nitrogen and oxygen atoms in total. The van der Waals surface area contributed by atoms with E-state index in [1.165, 1.54) is 0 Å². The van der Waals surface area contributed by atoms with Crippen LogP contribution in [-0.2, 0) is 4.74 Å². The van der Waals surface area contributed by atoms with Crippen LogP contribution in [0.4, 0.5) is 0 Å². The van der Waals surface area contributed by atoms with Crippen LogP contribution in [0.5, 0.6) is 0 Å². The maximum Gasteiger partial charge on any atom is 0.181 e. The number of methoxy groups -OCH3 is 1. The Kier molecular flexibility index (Phi) is 3.19. The summed E-state index contributed by atoms with van der Waals surface area (Å²) in [6.07, 6.45) is 1.86. The molecule has 0 spiro atoms. The van der Waals surface area contributed by atoms with E-state index in [1.54, 1.807) is 7.11 Å². The molecule has 0 saturated carbocycles. The van der Waals surface area contributed by atoms with E-state index in [9.17, 15) is 0 Å². The molecule has 0 rings (SSSR count). The molecule has 1 N–H and O–H groups in total. The summed E-state index contributed by atoms with van der Waals surface area (Å²) in [4.78, 5) is 0. The Morgan fingerprint density at radius 1 is 1.71 bits per heavy atom. The summed E-state index contributed by atoms with van der Waals surface area (Å²) in [5, 5.41) is 2.84. The van der Waals surface area contributed by atoms with Crippen molar-refractivity contribution in [3.63, 3.8) is 0 Å². The maximum atomic E-state index is 4.80. The van der Waals surface area contributed by atoms with E-state index in [2.05, 4.69) is 5.32 Å². The van der Waals surface area contributed by atoms with E-state index in [4.69, 9.17) is 4.74 Å². The van der Waals surface area contributed by atoms with Crippen LogP contribution in [0.3, 0.4) is 0 Å². The highest BCUT2D eigenvalue weighted by molar-refractivity contribution is 4.84. The summed E-state index contributed by atoms with van der Waals surface area (Å²) in [6.45, 7) is 1.91. The van der Waals surface area contributed by atoms with E-state index >= 15 is 0 Å². The third-order valence-corrected chi connectivity index (χ3v) is 0.729. The summed E-state index contributed by atoms with van der Waals surface area (Å²) >= 11 is 0. The molecule has 0 aliphatic heterocycles. The van der Waals surface area contributed by atoms with Gasteiger partial charge in [-0.2, -0.15) is 0 Å². The van der Waals surface area contributed by atoms with Crippen LogP contribution < -0.4 is 5.32 Å². The van der Waals surface area contributed by atoms with Crippen molar-refractivity contribution in [2.45, 2.75) is 6.92 Å². The predicted octanol–water partition coefficient (Wildman–Crippen LogP) is 0.714. The van der Waals surface area contributed by atoms with Crippen molar-refractivity contribution in [1.82, 2.24) is 5.32 Å². The zero-order valence-corrected chi connectivity index (χ0v) is 4.99. The van der Waals surface area contributed by atoms with E-state index in [0.29, 0.717) is 0 Å². The third kappa shape index (κ3) is 2.09. The first-order valence-corrected chi connectivity index (χ1v) is 2.23. The molecule has 7 heavy (non-hydrogen) atoms. The van der Waals surface area contributed by atoms with Crippen LogP contribution in [0, 0.1) is 0 Å². The smallest absolute Gasteiger partial charge is 0.181 e. The van der Waals surface area contributed by atoms with Gasteiger partial charge < -0.3 is 10.1 Å². The number of allylic oxidation sites excluding steroid dienone is 1. The molecular formula is C5H11NO. The molecule has 0 amide bonds. The van der Waals surface area contributed by atoms with Gasteiger partial charge in [0.25, 0.3) is 0 Å². The van der Waals surface area contributed by atoms with Crippen molar-refractivity contribution < 1.29 is 4.74 Å². The van der Waals surface area contributed by atoms with E-state index in [1.807, 2.05) is 20.0 Å². The highest BCUT2D eigenvalue weighted by Gasteiger charge is 1.80. The van der Waals surface area contributed by atoms with Crippen molar-refractivity contribution in [2.24, 2.45) is 0 Å². The second kappa shape index (κ2) is 3.53. The maximum absolute atomic E-state index is 4.80. The van der Waals surface area contributed by atoms with Crippen LogP contribution >= 0.6 is 0 Å². The zero-order chi connectivity index (χ0) is 5.70. The topological polar surface area (TPSA) is 21.3 Å². The van der Waals surface area contributed by atoms with E-state index in [0.717, 1.165) is 5.88 Å². The highest BCUT2D eigenvalue weighted by atomic mass is 16.5. The van der Waals surface area contributed by atoms with Crippen molar-refractivity contribution >= 4 is 0 Å². The Bertz CT molecular complexity index is 62.5. The van der Waals surface area contributed by atoms with E-state index < -0.39 is 0 Å². The summed E-state index contributed by atoms with van der Waals surface area (Å²) in [5.41, 5.74) is 0. The summed E-state index contributed by atoms with van der Waals surface area (Å²) < 4.78 is 4.80. The summed E-state index contributed by atoms with van der Waals surface area (Å²) in [7, 11) is 3.45. The molecule has 0 saturated heterocycles. The van der Waals surface area contributed by atoms with Gasteiger partial charge in [0.15, 0.2) is 5.88 Å². The van der Waals surface area contributed by atoms with Gasteiger partial charge in [0.05, 0.1) is 7.11 Å². The molecule has 0 aliphatic rings. The Hall–Kier alpha value is -0.660. The summed E-state index contributed by atoms with van der Waals surface area (Å²) in [5.74, 6) is 0.806. The number of rotatable bonds is 2. The molecular weight excluding hydrogens is 90.1 g/mol. The Balaban J connectivity index is 3.38. The minimum absolute atomic E-state index is 0.806. The fraction of sp³-hybridized carbons (Fsp3) is 0.600. The van der Waals surface area contributed by atoms with Gasteiger partial charge >= 0.3 is 0 Å². The van der Waals surface area contributed by atoms with Gasteiger partial charge in [0.2, 0.25) is 0 Å². The largest absolute Gasteiger partial charge is 0.483 e. The molecule has 0 unspecified atom stereocenters. The molecule has 0 bridgehead atoms. The van der Waals surface area contributed by atoms with Gasteiger partial charge in [-0.1, -0.05) is 0 Å². The van der Waals surface area contributed by atoms with Crippen LogP contribution in [0.15, 0.2) is 12.0 Å². The van der Waals surface area contributed by atoms with Crippen LogP contribution in [-0.4, -0.2) is 14.2 Å². The van der Waals surface area contributed by atoms with Crippen molar-refractivity contribution in [2.75, 3.05) is 14.2 Å². The monoisotopic (exact) mass is 101 g/mol. The molecule has 0 aromatic heterocycles. The molecule has 0 heterocycles. The first kappa shape index (κ1) is 6.34. The van der Waals surface area contributed by atoms with Gasteiger partial charge in [-0.3, -0.25) is 0 Å². The minimum Gasteiger partial charge on any atom is -0.483 e. The lowest BCUT2D eigenvalue weighted by Gasteiger charge is -2.00. The lowest BCUT2D eigenvalue weighted by molar-refractivity contribution is 0.267. The van der Waals surface area contributed by atoms with Crippen LogP contribution in [0.2, 0.25) is 0 Å². The number of nitrogens with one attached hydrogen (secondary N) is 1. The second-order valence-electron chi connectivity index (χ2n) is 1.11. The lowest BCUT2D eigenvalue weighted by atomic mass is 10.6. The number of hydrogen-bond acceptors (Lipinski definition) is 2. The van der Waals surface area contributed by atoms with E-state index in [-0.39, 0.29) is 0 Å². The minimum atomic E-state index is 0.806. The molecule has 42 valence electrons. The fourth-order valence-corrected chi connectivity index (χ4v) is 0.364.